The van der Waals surface area contributed by atoms with Crippen LogP contribution >= 0.6 is 0 Å². The van der Waals surface area contributed by atoms with Gasteiger partial charge < -0.3 is 15.0 Å². The molecule has 6 heteroatoms. The second kappa shape index (κ2) is 7.92. The molecule has 2 fully saturated rings. The predicted octanol–water partition coefficient (Wildman–Crippen LogP) is 2.50. The Hall–Kier alpha value is -1.69. The molecule has 2 aliphatic rings. The first kappa shape index (κ1) is 17.1. The molecule has 132 valence electrons. The fourth-order valence-corrected chi connectivity index (χ4v) is 3.46. The van der Waals surface area contributed by atoms with Crippen molar-refractivity contribution in [2.24, 2.45) is 0 Å². The van der Waals surface area contributed by atoms with Crippen molar-refractivity contribution in [2.75, 3.05) is 31.2 Å². The standard InChI is InChI=1S/C18H28N4O2/c1-13(2)15-12-16(22-8-10-24-11-9-22)20-21-17(15)18(23)19-14-6-4-3-5-7-14/h12-14H,3-11H2,1-2H3,(H,19,23). The van der Waals surface area contributed by atoms with E-state index in [0.717, 1.165) is 37.3 Å². The Kier molecular flexibility index (Phi) is 5.66. The van der Waals surface area contributed by atoms with Crippen molar-refractivity contribution in [3.63, 3.8) is 0 Å². The zero-order chi connectivity index (χ0) is 16.9. The summed E-state index contributed by atoms with van der Waals surface area (Å²) in [4.78, 5) is 14.9. The summed E-state index contributed by atoms with van der Waals surface area (Å²) in [5.41, 5.74) is 1.45. The molecule has 1 aliphatic carbocycles. The predicted molar refractivity (Wildman–Crippen MR) is 93.5 cm³/mol. The maximum absolute atomic E-state index is 12.7. The Balaban J connectivity index is 1.77. The van der Waals surface area contributed by atoms with Gasteiger partial charge in [0.15, 0.2) is 11.5 Å². The van der Waals surface area contributed by atoms with Crippen molar-refractivity contribution >= 4 is 11.7 Å². The molecular weight excluding hydrogens is 304 g/mol. The number of carbonyl (C=O) groups excluding carboxylic acids is 1. The van der Waals surface area contributed by atoms with Crippen LogP contribution < -0.4 is 10.2 Å². The lowest BCUT2D eigenvalue weighted by atomic mass is 9.95. The maximum Gasteiger partial charge on any atom is 0.272 e. The van der Waals surface area contributed by atoms with Crippen LogP contribution in [0.15, 0.2) is 6.07 Å². The van der Waals surface area contributed by atoms with Gasteiger partial charge in [-0.25, -0.2) is 0 Å². The second-order valence-corrected chi connectivity index (χ2v) is 7.07. The number of rotatable bonds is 4. The lowest BCUT2D eigenvalue weighted by molar-refractivity contribution is 0.0920. The van der Waals surface area contributed by atoms with E-state index in [0.29, 0.717) is 18.9 Å². The number of nitrogens with one attached hydrogen (secondary N) is 1. The number of amides is 1. The van der Waals surface area contributed by atoms with Crippen molar-refractivity contribution in [2.45, 2.75) is 57.9 Å². The fraction of sp³-hybridized carbons (Fsp3) is 0.722. The summed E-state index contributed by atoms with van der Waals surface area (Å²) in [7, 11) is 0. The van der Waals surface area contributed by atoms with Crippen LogP contribution in [-0.4, -0.2) is 48.4 Å². The lowest BCUT2D eigenvalue weighted by Gasteiger charge is -2.28. The Labute approximate surface area is 144 Å². The minimum absolute atomic E-state index is 0.0772. The van der Waals surface area contributed by atoms with Crippen LogP contribution in [0.3, 0.4) is 0 Å². The van der Waals surface area contributed by atoms with Crippen molar-refractivity contribution in [1.82, 2.24) is 15.5 Å². The minimum Gasteiger partial charge on any atom is -0.378 e. The van der Waals surface area contributed by atoms with E-state index in [2.05, 4.69) is 34.3 Å². The number of ether oxygens (including phenoxy) is 1. The van der Waals surface area contributed by atoms with Crippen molar-refractivity contribution < 1.29 is 9.53 Å². The number of hydrogen-bond donors (Lipinski definition) is 1. The zero-order valence-corrected chi connectivity index (χ0v) is 14.8. The van der Waals surface area contributed by atoms with Gasteiger partial charge in [-0.15, -0.1) is 10.2 Å². The first-order valence-corrected chi connectivity index (χ1v) is 9.16. The van der Waals surface area contributed by atoms with Gasteiger partial charge in [0.1, 0.15) is 0 Å². The monoisotopic (exact) mass is 332 g/mol. The summed E-state index contributed by atoms with van der Waals surface area (Å²) in [6.07, 6.45) is 5.81. The van der Waals surface area contributed by atoms with Crippen LogP contribution in [0, 0.1) is 0 Å². The first-order chi connectivity index (χ1) is 11.6. The summed E-state index contributed by atoms with van der Waals surface area (Å²) < 4.78 is 5.39. The van der Waals surface area contributed by atoms with Crippen molar-refractivity contribution in [3.8, 4) is 0 Å². The van der Waals surface area contributed by atoms with E-state index in [9.17, 15) is 4.79 Å². The van der Waals surface area contributed by atoms with Gasteiger partial charge in [-0.05, 0) is 30.4 Å². The summed E-state index contributed by atoms with van der Waals surface area (Å²) in [5, 5.41) is 11.8. The first-order valence-electron chi connectivity index (χ1n) is 9.16. The van der Waals surface area contributed by atoms with E-state index in [1.165, 1.54) is 19.3 Å². The molecule has 0 atom stereocenters. The van der Waals surface area contributed by atoms with Crippen LogP contribution in [0.4, 0.5) is 5.82 Å². The molecule has 0 spiro atoms. The highest BCUT2D eigenvalue weighted by Crippen LogP contribution is 2.24. The highest BCUT2D eigenvalue weighted by molar-refractivity contribution is 5.94. The SMILES string of the molecule is CC(C)c1cc(N2CCOCC2)nnc1C(=O)NC1CCCCC1. The topological polar surface area (TPSA) is 67.3 Å². The van der Waals surface area contributed by atoms with Gasteiger partial charge in [-0.2, -0.15) is 0 Å². The number of anilines is 1. The molecule has 1 aromatic heterocycles. The Morgan fingerprint density at radius 2 is 1.92 bits per heavy atom. The third-order valence-electron chi connectivity index (χ3n) is 4.92. The van der Waals surface area contributed by atoms with Gasteiger partial charge in [0.25, 0.3) is 5.91 Å². The molecule has 3 rings (SSSR count). The third kappa shape index (κ3) is 4.04. The molecular formula is C18H28N4O2. The summed E-state index contributed by atoms with van der Waals surface area (Å²) in [6.45, 7) is 7.25. The van der Waals surface area contributed by atoms with Gasteiger partial charge in [-0.3, -0.25) is 4.79 Å². The van der Waals surface area contributed by atoms with Crippen molar-refractivity contribution in [3.05, 3.63) is 17.3 Å². The van der Waals surface area contributed by atoms with Gasteiger partial charge in [0, 0.05) is 19.1 Å². The molecule has 6 nitrogen and oxygen atoms in total. The number of morpholine rings is 1. The molecule has 0 bridgehead atoms. The quantitative estimate of drug-likeness (QED) is 0.917. The van der Waals surface area contributed by atoms with Crippen LogP contribution in [0.5, 0.6) is 0 Å². The van der Waals surface area contributed by atoms with E-state index in [-0.39, 0.29) is 17.9 Å². The molecule has 1 saturated heterocycles. The van der Waals surface area contributed by atoms with Gasteiger partial charge in [-0.1, -0.05) is 33.1 Å². The van der Waals surface area contributed by atoms with E-state index >= 15 is 0 Å². The third-order valence-corrected chi connectivity index (χ3v) is 4.92. The number of aromatic nitrogens is 2. The van der Waals surface area contributed by atoms with Crippen LogP contribution in [0.1, 0.15) is 67.9 Å². The number of carbonyl (C=O) groups is 1. The average molecular weight is 332 g/mol. The Morgan fingerprint density at radius 3 is 2.58 bits per heavy atom. The minimum atomic E-state index is -0.0772. The number of nitrogens with zero attached hydrogens (tertiary/aromatic N) is 3. The molecule has 1 N–H and O–H groups in total. The second-order valence-electron chi connectivity index (χ2n) is 7.07. The lowest BCUT2D eigenvalue weighted by Crippen LogP contribution is -2.38. The smallest absolute Gasteiger partial charge is 0.272 e. The van der Waals surface area contributed by atoms with E-state index in [1.54, 1.807) is 0 Å². The normalized spacial score (nSPS) is 19.5. The maximum atomic E-state index is 12.7. The van der Waals surface area contributed by atoms with Crippen LogP contribution in [0.2, 0.25) is 0 Å². The van der Waals surface area contributed by atoms with Crippen LogP contribution in [-0.2, 0) is 4.74 Å². The molecule has 0 unspecified atom stereocenters. The molecule has 1 saturated carbocycles. The molecule has 1 amide bonds. The molecule has 24 heavy (non-hydrogen) atoms. The van der Waals surface area contributed by atoms with Crippen LogP contribution in [0.25, 0.3) is 0 Å². The molecule has 1 aromatic rings. The number of hydrogen-bond acceptors (Lipinski definition) is 5. The van der Waals surface area contributed by atoms with Crippen molar-refractivity contribution in [1.29, 1.82) is 0 Å². The highest BCUT2D eigenvalue weighted by Gasteiger charge is 2.23. The largest absolute Gasteiger partial charge is 0.378 e. The van der Waals surface area contributed by atoms with E-state index < -0.39 is 0 Å². The van der Waals surface area contributed by atoms with Gasteiger partial charge in [0.05, 0.1) is 13.2 Å². The van der Waals surface area contributed by atoms with E-state index in [1.807, 2.05) is 6.07 Å². The van der Waals surface area contributed by atoms with Gasteiger partial charge in [0.2, 0.25) is 0 Å². The summed E-state index contributed by atoms with van der Waals surface area (Å²) in [6, 6.07) is 2.31. The highest BCUT2D eigenvalue weighted by atomic mass is 16.5. The molecule has 0 radical (unpaired) electrons. The summed E-state index contributed by atoms with van der Waals surface area (Å²) >= 11 is 0. The Morgan fingerprint density at radius 1 is 1.21 bits per heavy atom. The van der Waals surface area contributed by atoms with Gasteiger partial charge >= 0.3 is 0 Å². The molecule has 2 heterocycles. The molecule has 0 aromatic carbocycles. The average Bonchev–Trinajstić information content (AvgIpc) is 2.62. The fourth-order valence-electron chi connectivity index (χ4n) is 3.46. The molecule has 1 aliphatic heterocycles. The summed E-state index contributed by atoms with van der Waals surface area (Å²) in [5.74, 6) is 0.996. The zero-order valence-electron chi connectivity index (χ0n) is 14.8. The van der Waals surface area contributed by atoms with E-state index in [4.69, 9.17) is 4.74 Å². The Bertz CT molecular complexity index is 564.